The van der Waals surface area contributed by atoms with Crippen molar-refractivity contribution in [1.82, 2.24) is 9.47 Å². The number of thioether (sulfide) groups is 1. The van der Waals surface area contributed by atoms with E-state index in [1.165, 1.54) is 17.8 Å². The molecule has 2 heterocycles. The Hall–Kier alpha value is -3.36. The minimum Gasteiger partial charge on any atom is -0.489 e. The highest BCUT2D eigenvalue weighted by atomic mass is 79.9. The first-order valence-corrected chi connectivity index (χ1v) is 13.4. The number of amidine groups is 1. The van der Waals surface area contributed by atoms with Crippen molar-refractivity contribution < 1.29 is 13.9 Å². The Morgan fingerprint density at radius 1 is 1.11 bits per heavy atom. The van der Waals surface area contributed by atoms with Crippen molar-refractivity contribution in [1.29, 1.82) is 0 Å². The number of benzene rings is 3. The van der Waals surface area contributed by atoms with Crippen LogP contribution in [0.3, 0.4) is 0 Å². The Balaban J connectivity index is 1.44. The number of para-hydroxylation sites is 1. The van der Waals surface area contributed by atoms with E-state index in [4.69, 9.17) is 9.73 Å². The van der Waals surface area contributed by atoms with Crippen molar-refractivity contribution >= 4 is 61.4 Å². The number of ether oxygens (including phenoxy) is 1. The summed E-state index contributed by atoms with van der Waals surface area (Å²) in [6.45, 7) is 4.92. The molecule has 5 rings (SSSR count). The molecule has 0 aliphatic carbocycles. The van der Waals surface area contributed by atoms with Crippen molar-refractivity contribution in [2.45, 2.75) is 20.4 Å². The summed E-state index contributed by atoms with van der Waals surface area (Å²) in [7, 11) is 1.75. The van der Waals surface area contributed by atoms with Gasteiger partial charge < -0.3 is 9.30 Å². The number of amides is 1. The highest BCUT2D eigenvalue weighted by Crippen LogP contribution is 2.36. The summed E-state index contributed by atoms with van der Waals surface area (Å²) in [5.41, 5.74) is 5.03. The summed E-state index contributed by atoms with van der Waals surface area (Å²) in [6, 6.07) is 18.4. The summed E-state index contributed by atoms with van der Waals surface area (Å²) in [5, 5.41) is 1.65. The van der Waals surface area contributed by atoms with Gasteiger partial charge in [-0.15, -0.1) is 0 Å². The van der Waals surface area contributed by atoms with Gasteiger partial charge in [-0.05, 0) is 79.2 Å². The second kappa shape index (κ2) is 10.6. The van der Waals surface area contributed by atoms with Gasteiger partial charge in [0.25, 0.3) is 5.91 Å². The Morgan fingerprint density at radius 3 is 2.73 bits per heavy atom. The Labute approximate surface area is 227 Å². The lowest BCUT2D eigenvalue weighted by Crippen LogP contribution is -2.23. The quantitative estimate of drug-likeness (QED) is 0.223. The second-order valence-corrected chi connectivity index (χ2v) is 10.7. The zero-order valence-corrected chi connectivity index (χ0v) is 23.1. The average molecular weight is 579 g/mol. The zero-order valence-electron chi connectivity index (χ0n) is 20.7. The molecule has 0 unspecified atom stereocenters. The first-order chi connectivity index (χ1) is 17.8. The second-order valence-electron chi connectivity index (χ2n) is 8.81. The van der Waals surface area contributed by atoms with E-state index in [0.29, 0.717) is 23.2 Å². The monoisotopic (exact) mass is 577 g/mol. The molecule has 0 saturated carbocycles. The van der Waals surface area contributed by atoms with Gasteiger partial charge in [-0.3, -0.25) is 9.69 Å². The number of likely N-dealkylation sites (N-methyl/N-ethyl adjacent to an activating group) is 1. The molecule has 1 aliphatic rings. The highest BCUT2D eigenvalue weighted by molar-refractivity contribution is 9.10. The van der Waals surface area contributed by atoms with Crippen LogP contribution in [-0.2, 0) is 11.3 Å². The largest absolute Gasteiger partial charge is 0.489 e. The van der Waals surface area contributed by atoms with E-state index in [1.54, 1.807) is 30.1 Å². The molecule has 37 heavy (non-hydrogen) atoms. The summed E-state index contributed by atoms with van der Waals surface area (Å²) in [4.78, 5) is 20.1. The zero-order chi connectivity index (χ0) is 26.1. The number of hydrogen-bond acceptors (Lipinski definition) is 4. The molecule has 0 atom stereocenters. The number of aromatic nitrogens is 1. The Bertz CT molecular complexity index is 1580. The van der Waals surface area contributed by atoms with Crippen LogP contribution >= 0.6 is 27.7 Å². The Morgan fingerprint density at radius 2 is 1.92 bits per heavy atom. The molecule has 1 amide bonds. The van der Waals surface area contributed by atoms with E-state index < -0.39 is 0 Å². The van der Waals surface area contributed by atoms with Crippen LogP contribution in [-0.4, -0.2) is 34.2 Å². The summed E-state index contributed by atoms with van der Waals surface area (Å²) in [5.74, 6) is -0.239. The summed E-state index contributed by atoms with van der Waals surface area (Å²) in [6.07, 6.45) is 3.92. The molecule has 1 saturated heterocycles. The molecule has 1 fully saturated rings. The lowest BCUT2D eigenvalue weighted by molar-refractivity contribution is -0.121. The highest BCUT2D eigenvalue weighted by Gasteiger charge is 2.31. The third-order valence-corrected chi connectivity index (χ3v) is 7.94. The third kappa shape index (κ3) is 5.22. The van der Waals surface area contributed by atoms with Gasteiger partial charge in [-0.1, -0.05) is 40.2 Å². The first kappa shape index (κ1) is 25.3. The SMILES string of the molecule is Cc1cccc(N=C2S/C(=C/c3cn(CCOc4ccccc4F)c4ccc(Br)cc34)C(=O)N2C)c1C. The van der Waals surface area contributed by atoms with Crippen LogP contribution < -0.4 is 4.74 Å². The van der Waals surface area contributed by atoms with Gasteiger partial charge in [0.05, 0.1) is 17.1 Å². The molecular weight excluding hydrogens is 553 g/mol. The molecule has 5 nitrogen and oxygen atoms in total. The van der Waals surface area contributed by atoms with Crippen LogP contribution in [0.15, 0.2) is 81.2 Å². The fraction of sp³-hybridized carbons (Fsp3) is 0.172. The van der Waals surface area contributed by atoms with Gasteiger partial charge in [-0.25, -0.2) is 9.38 Å². The van der Waals surface area contributed by atoms with Crippen LogP contribution in [0.25, 0.3) is 17.0 Å². The molecule has 4 aromatic rings. The van der Waals surface area contributed by atoms with Crippen LogP contribution in [0.5, 0.6) is 5.75 Å². The third-order valence-electron chi connectivity index (χ3n) is 6.38. The predicted octanol–water partition coefficient (Wildman–Crippen LogP) is 7.47. The van der Waals surface area contributed by atoms with E-state index >= 15 is 0 Å². The van der Waals surface area contributed by atoms with Gasteiger partial charge in [0.15, 0.2) is 16.7 Å². The number of carbonyl (C=O) groups excluding carboxylic acids is 1. The lowest BCUT2D eigenvalue weighted by atomic mass is 10.1. The van der Waals surface area contributed by atoms with Crippen molar-refractivity contribution in [3.05, 3.63) is 98.7 Å². The van der Waals surface area contributed by atoms with E-state index in [-0.39, 0.29) is 17.5 Å². The smallest absolute Gasteiger partial charge is 0.266 e. The average Bonchev–Trinajstić information content (AvgIpc) is 3.34. The normalized spacial score (nSPS) is 15.9. The van der Waals surface area contributed by atoms with Gasteiger partial charge in [0, 0.05) is 34.2 Å². The van der Waals surface area contributed by atoms with E-state index in [1.807, 2.05) is 49.5 Å². The van der Waals surface area contributed by atoms with Crippen LogP contribution in [0, 0.1) is 19.7 Å². The summed E-state index contributed by atoms with van der Waals surface area (Å²) >= 11 is 4.93. The van der Waals surface area contributed by atoms with Crippen LogP contribution in [0.2, 0.25) is 0 Å². The number of carbonyl (C=O) groups is 1. The van der Waals surface area contributed by atoms with Crippen molar-refractivity contribution in [3.8, 4) is 5.75 Å². The van der Waals surface area contributed by atoms with E-state index in [2.05, 4.69) is 33.5 Å². The molecule has 188 valence electrons. The van der Waals surface area contributed by atoms with E-state index in [0.717, 1.165) is 37.8 Å². The maximum Gasteiger partial charge on any atom is 0.266 e. The molecule has 3 aromatic carbocycles. The molecule has 0 bridgehead atoms. The maximum atomic E-state index is 13.9. The number of nitrogens with zero attached hydrogens (tertiary/aromatic N) is 3. The number of fused-ring (bicyclic) bond motifs is 1. The molecule has 1 aliphatic heterocycles. The molecular formula is C29H25BrFN3O2S. The number of hydrogen-bond donors (Lipinski definition) is 0. The minimum atomic E-state index is -0.381. The topological polar surface area (TPSA) is 46.8 Å². The number of aryl methyl sites for hydroxylation is 1. The standard InChI is InChI=1S/C29H25BrFN3O2S/c1-18-7-6-9-24(19(18)2)32-29-33(3)28(35)27(37-29)15-20-17-34(25-12-11-21(30)16-22(20)25)13-14-36-26-10-5-4-8-23(26)31/h4-12,15-17H,13-14H2,1-3H3/b27-15+,32-29?. The van der Waals surface area contributed by atoms with Crippen LogP contribution in [0.1, 0.15) is 16.7 Å². The fourth-order valence-corrected chi connectivity index (χ4v) is 5.50. The van der Waals surface area contributed by atoms with Gasteiger partial charge in [-0.2, -0.15) is 0 Å². The molecule has 8 heteroatoms. The fourth-order valence-electron chi connectivity index (χ4n) is 4.17. The van der Waals surface area contributed by atoms with Gasteiger partial charge in [0.2, 0.25) is 0 Å². The number of halogens is 2. The minimum absolute atomic E-state index is 0.0900. The first-order valence-electron chi connectivity index (χ1n) is 11.8. The van der Waals surface area contributed by atoms with Crippen molar-refractivity contribution in [3.63, 3.8) is 0 Å². The van der Waals surface area contributed by atoms with Gasteiger partial charge >= 0.3 is 0 Å². The van der Waals surface area contributed by atoms with Crippen molar-refractivity contribution in [2.24, 2.45) is 4.99 Å². The van der Waals surface area contributed by atoms with Gasteiger partial charge in [0.1, 0.15) is 6.61 Å². The number of rotatable bonds is 6. The van der Waals surface area contributed by atoms with E-state index in [9.17, 15) is 9.18 Å². The predicted molar refractivity (Wildman–Crippen MR) is 153 cm³/mol. The lowest BCUT2D eigenvalue weighted by Gasteiger charge is -2.09. The molecule has 1 aromatic heterocycles. The number of aliphatic imine (C=N–C) groups is 1. The molecule has 0 spiro atoms. The van der Waals surface area contributed by atoms with Crippen LogP contribution in [0.4, 0.5) is 10.1 Å². The van der Waals surface area contributed by atoms with Crippen molar-refractivity contribution in [2.75, 3.05) is 13.7 Å². The molecule has 0 N–H and O–H groups in total. The Kier molecular flexibility index (Phi) is 7.22. The summed E-state index contributed by atoms with van der Waals surface area (Å²) < 4.78 is 22.6. The molecule has 0 radical (unpaired) electrons. The maximum absolute atomic E-state index is 13.9.